The summed E-state index contributed by atoms with van der Waals surface area (Å²) < 4.78 is 0. The van der Waals surface area contributed by atoms with Gasteiger partial charge in [-0.3, -0.25) is 0 Å². The van der Waals surface area contributed by atoms with Gasteiger partial charge in [0.25, 0.3) is 0 Å². The topological polar surface area (TPSA) is 86.7 Å². The molecule has 84 valence electrons. The van der Waals surface area contributed by atoms with E-state index in [4.69, 9.17) is 10.8 Å². The SMILES string of the molecule is CCC(C)[C@@H](N)c1ccc(O)c(O)c1O. The van der Waals surface area contributed by atoms with Crippen LogP contribution in [0.15, 0.2) is 12.1 Å². The van der Waals surface area contributed by atoms with Gasteiger partial charge in [0.1, 0.15) is 0 Å². The molecule has 0 aliphatic rings. The van der Waals surface area contributed by atoms with Gasteiger partial charge in [-0.05, 0) is 18.1 Å². The molecular weight excluding hydrogens is 194 g/mol. The van der Waals surface area contributed by atoms with Crippen molar-refractivity contribution in [2.45, 2.75) is 26.3 Å². The zero-order valence-electron chi connectivity index (χ0n) is 8.94. The van der Waals surface area contributed by atoms with E-state index >= 15 is 0 Å². The lowest BCUT2D eigenvalue weighted by Crippen LogP contribution is -2.18. The lowest BCUT2D eigenvalue weighted by molar-refractivity contribution is 0.356. The highest BCUT2D eigenvalue weighted by Gasteiger charge is 2.20. The van der Waals surface area contributed by atoms with Crippen LogP contribution in [0, 0.1) is 5.92 Å². The van der Waals surface area contributed by atoms with E-state index in [0.717, 1.165) is 6.42 Å². The van der Waals surface area contributed by atoms with Crippen LogP contribution in [0.4, 0.5) is 0 Å². The first-order chi connectivity index (χ1) is 6.99. The first-order valence-corrected chi connectivity index (χ1v) is 4.98. The van der Waals surface area contributed by atoms with Crippen LogP contribution in [0.5, 0.6) is 17.2 Å². The molecule has 0 radical (unpaired) electrons. The van der Waals surface area contributed by atoms with Crippen molar-refractivity contribution in [1.29, 1.82) is 0 Å². The molecule has 1 unspecified atom stereocenters. The van der Waals surface area contributed by atoms with Crippen molar-refractivity contribution < 1.29 is 15.3 Å². The summed E-state index contributed by atoms with van der Waals surface area (Å²) in [5, 5.41) is 28.1. The minimum atomic E-state index is -0.508. The second kappa shape index (κ2) is 4.40. The molecule has 2 atom stereocenters. The molecule has 15 heavy (non-hydrogen) atoms. The molecule has 0 aliphatic carbocycles. The lowest BCUT2D eigenvalue weighted by Gasteiger charge is -2.20. The minimum Gasteiger partial charge on any atom is -0.504 e. The Balaban J connectivity index is 3.10. The van der Waals surface area contributed by atoms with E-state index < -0.39 is 5.75 Å². The highest BCUT2D eigenvalue weighted by atomic mass is 16.3. The van der Waals surface area contributed by atoms with Gasteiger partial charge >= 0.3 is 0 Å². The van der Waals surface area contributed by atoms with Gasteiger partial charge in [-0.15, -0.1) is 0 Å². The van der Waals surface area contributed by atoms with Crippen molar-refractivity contribution in [3.63, 3.8) is 0 Å². The number of rotatable bonds is 3. The second-order valence-electron chi connectivity index (χ2n) is 3.78. The summed E-state index contributed by atoms with van der Waals surface area (Å²) in [6.45, 7) is 3.97. The number of benzene rings is 1. The molecular formula is C11H17NO3. The molecule has 5 N–H and O–H groups in total. The quantitative estimate of drug-likeness (QED) is 0.575. The zero-order valence-corrected chi connectivity index (χ0v) is 8.94. The summed E-state index contributed by atoms with van der Waals surface area (Å²) >= 11 is 0. The van der Waals surface area contributed by atoms with Crippen LogP contribution in [0.25, 0.3) is 0 Å². The van der Waals surface area contributed by atoms with Crippen LogP contribution in [-0.2, 0) is 0 Å². The van der Waals surface area contributed by atoms with Crippen LogP contribution in [0.3, 0.4) is 0 Å². The molecule has 1 rings (SSSR count). The molecule has 4 nitrogen and oxygen atoms in total. The summed E-state index contributed by atoms with van der Waals surface area (Å²) in [4.78, 5) is 0. The Morgan fingerprint density at radius 3 is 2.33 bits per heavy atom. The third-order valence-corrected chi connectivity index (χ3v) is 2.78. The Hall–Kier alpha value is -1.42. The highest BCUT2D eigenvalue weighted by molar-refractivity contribution is 5.54. The van der Waals surface area contributed by atoms with Crippen LogP contribution >= 0.6 is 0 Å². The van der Waals surface area contributed by atoms with Crippen molar-refractivity contribution in [2.24, 2.45) is 11.7 Å². The summed E-state index contributed by atoms with van der Waals surface area (Å²) in [5.41, 5.74) is 6.37. The van der Waals surface area contributed by atoms with E-state index in [0.29, 0.717) is 5.56 Å². The number of hydrogen-bond acceptors (Lipinski definition) is 4. The molecule has 0 saturated carbocycles. The van der Waals surface area contributed by atoms with Crippen LogP contribution in [-0.4, -0.2) is 15.3 Å². The Kier molecular flexibility index (Phi) is 3.42. The minimum absolute atomic E-state index is 0.194. The number of phenols is 3. The van der Waals surface area contributed by atoms with Gasteiger partial charge in [-0.1, -0.05) is 20.3 Å². The van der Waals surface area contributed by atoms with E-state index in [2.05, 4.69) is 0 Å². The van der Waals surface area contributed by atoms with Gasteiger partial charge in [0.2, 0.25) is 5.75 Å². The predicted octanol–water partition coefficient (Wildman–Crippen LogP) is 1.85. The number of hydrogen-bond donors (Lipinski definition) is 4. The Morgan fingerprint density at radius 2 is 1.80 bits per heavy atom. The first kappa shape index (κ1) is 11.7. The van der Waals surface area contributed by atoms with E-state index in [-0.39, 0.29) is 23.5 Å². The standard InChI is InChI=1S/C11H17NO3/c1-3-6(2)9(12)7-4-5-8(13)11(15)10(7)14/h4-6,9,13-15H,3,12H2,1-2H3/t6?,9-/m1/s1. The van der Waals surface area contributed by atoms with Gasteiger partial charge in [0, 0.05) is 11.6 Å². The van der Waals surface area contributed by atoms with Crippen molar-refractivity contribution >= 4 is 0 Å². The highest BCUT2D eigenvalue weighted by Crippen LogP contribution is 2.40. The molecule has 0 aliphatic heterocycles. The molecule has 0 saturated heterocycles. The largest absolute Gasteiger partial charge is 0.504 e. The molecule has 0 fully saturated rings. The maximum atomic E-state index is 9.60. The zero-order chi connectivity index (χ0) is 11.6. The first-order valence-electron chi connectivity index (χ1n) is 4.98. The summed E-state index contributed by atoms with van der Waals surface area (Å²) in [5.74, 6) is -0.985. The Labute approximate surface area is 89.0 Å². The van der Waals surface area contributed by atoms with E-state index in [1.807, 2.05) is 13.8 Å². The fraction of sp³-hybridized carbons (Fsp3) is 0.455. The van der Waals surface area contributed by atoms with Gasteiger partial charge in [0.15, 0.2) is 11.5 Å². The van der Waals surface area contributed by atoms with Crippen LogP contribution in [0.1, 0.15) is 31.9 Å². The molecule has 0 bridgehead atoms. The number of phenolic OH excluding ortho intramolecular Hbond substituents is 3. The van der Waals surface area contributed by atoms with Crippen molar-refractivity contribution in [2.75, 3.05) is 0 Å². The van der Waals surface area contributed by atoms with Crippen LogP contribution < -0.4 is 5.73 Å². The summed E-state index contributed by atoms with van der Waals surface area (Å²) in [6, 6.07) is 2.51. The van der Waals surface area contributed by atoms with Crippen LogP contribution in [0.2, 0.25) is 0 Å². The third-order valence-electron chi connectivity index (χ3n) is 2.78. The molecule has 4 heteroatoms. The normalized spacial score (nSPS) is 14.9. The Morgan fingerprint density at radius 1 is 1.20 bits per heavy atom. The van der Waals surface area contributed by atoms with Crippen molar-refractivity contribution in [3.05, 3.63) is 17.7 Å². The molecule has 1 aromatic rings. The molecule has 0 heterocycles. The smallest absolute Gasteiger partial charge is 0.200 e. The van der Waals surface area contributed by atoms with E-state index in [1.165, 1.54) is 12.1 Å². The Bertz CT molecular complexity index is 352. The van der Waals surface area contributed by atoms with Crippen molar-refractivity contribution in [1.82, 2.24) is 0 Å². The molecule has 0 spiro atoms. The number of nitrogens with two attached hydrogens (primary N) is 1. The molecule has 0 amide bonds. The van der Waals surface area contributed by atoms with Gasteiger partial charge < -0.3 is 21.1 Å². The average molecular weight is 211 g/mol. The molecule has 1 aromatic carbocycles. The summed E-state index contributed by atoms with van der Waals surface area (Å²) in [7, 11) is 0. The lowest BCUT2D eigenvalue weighted by atomic mass is 9.92. The predicted molar refractivity (Wildman–Crippen MR) is 57.8 cm³/mol. The van der Waals surface area contributed by atoms with E-state index in [1.54, 1.807) is 0 Å². The maximum Gasteiger partial charge on any atom is 0.200 e. The fourth-order valence-electron chi connectivity index (χ4n) is 1.41. The average Bonchev–Trinajstić information content (AvgIpc) is 2.24. The van der Waals surface area contributed by atoms with Gasteiger partial charge in [0.05, 0.1) is 0 Å². The molecule has 0 aromatic heterocycles. The summed E-state index contributed by atoms with van der Waals surface area (Å²) in [6.07, 6.45) is 0.877. The van der Waals surface area contributed by atoms with E-state index in [9.17, 15) is 10.2 Å². The number of aromatic hydroxyl groups is 3. The fourth-order valence-corrected chi connectivity index (χ4v) is 1.41. The second-order valence-corrected chi connectivity index (χ2v) is 3.78. The van der Waals surface area contributed by atoms with Gasteiger partial charge in [-0.25, -0.2) is 0 Å². The monoisotopic (exact) mass is 211 g/mol. The maximum absolute atomic E-state index is 9.60. The third kappa shape index (κ3) is 2.15. The van der Waals surface area contributed by atoms with Crippen molar-refractivity contribution in [3.8, 4) is 17.2 Å². The van der Waals surface area contributed by atoms with Gasteiger partial charge in [-0.2, -0.15) is 0 Å².